The molecule has 1 aromatic heterocycles. The van der Waals surface area contributed by atoms with Crippen molar-refractivity contribution < 1.29 is 9.53 Å². The molecule has 1 heterocycles. The van der Waals surface area contributed by atoms with E-state index in [2.05, 4.69) is 16.8 Å². The monoisotopic (exact) mass is 224 g/mol. The normalized spacial score (nSPS) is 12.6. The summed E-state index contributed by atoms with van der Waals surface area (Å²) in [6.07, 6.45) is 1.34. The number of rotatable bonds is 4. The Balaban J connectivity index is 2.91. The molecule has 1 aromatic rings. The molecule has 0 aromatic carbocycles. The molecule has 0 N–H and O–H groups in total. The van der Waals surface area contributed by atoms with Gasteiger partial charge in [-0.05, 0) is 32.8 Å². The summed E-state index contributed by atoms with van der Waals surface area (Å²) in [5.74, 6) is -0.196. The Morgan fingerprint density at radius 3 is 2.56 bits per heavy atom. The molecule has 0 saturated heterocycles. The molecule has 4 heteroatoms. The van der Waals surface area contributed by atoms with Crippen LogP contribution >= 0.6 is 0 Å². The third-order valence-electron chi connectivity index (χ3n) is 2.94. The van der Waals surface area contributed by atoms with Gasteiger partial charge in [-0.1, -0.05) is 6.92 Å². The minimum absolute atomic E-state index is 0.0476. The van der Waals surface area contributed by atoms with E-state index in [-0.39, 0.29) is 12.0 Å². The fourth-order valence-electron chi connectivity index (χ4n) is 2.05. The van der Waals surface area contributed by atoms with Crippen LogP contribution in [0.5, 0.6) is 0 Å². The van der Waals surface area contributed by atoms with Crippen molar-refractivity contribution in [1.29, 1.82) is 0 Å². The van der Waals surface area contributed by atoms with Gasteiger partial charge in [0.25, 0.3) is 0 Å². The van der Waals surface area contributed by atoms with Crippen molar-refractivity contribution in [2.75, 3.05) is 7.11 Å². The molecule has 1 rings (SSSR count). The highest BCUT2D eigenvalue weighted by molar-refractivity contribution is 5.69. The zero-order valence-electron chi connectivity index (χ0n) is 10.7. The van der Waals surface area contributed by atoms with E-state index in [9.17, 15) is 4.79 Å². The van der Waals surface area contributed by atoms with Crippen molar-refractivity contribution in [3.05, 3.63) is 17.0 Å². The van der Waals surface area contributed by atoms with E-state index >= 15 is 0 Å². The molecule has 0 aliphatic carbocycles. The zero-order valence-corrected chi connectivity index (χ0v) is 10.7. The number of carbonyl (C=O) groups is 1. The van der Waals surface area contributed by atoms with Gasteiger partial charge in [0.1, 0.15) is 0 Å². The van der Waals surface area contributed by atoms with Crippen LogP contribution in [0.4, 0.5) is 0 Å². The van der Waals surface area contributed by atoms with Crippen LogP contribution in [0.3, 0.4) is 0 Å². The fourth-order valence-corrected chi connectivity index (χ4v) is 2.05. The first-order chi connectivity index (χ1) is 7.51. The van der Waals surface area contributed by atoms with Gasteiger partial charge >= 0.3 is 5.97 Å². The van der Waals surface area contributed by atoms with Gasteiger partial charge < -0.3 is 4.74 Å². The first-order valence-corrected chi connectivity index (χ1v) is 5.62. The molecule has 90 valence electrons. The number of aryl methyl sites for hydroxylation is 1. The summed E-state index contributed by atoms with van der Waals surface area (Å²) in [6.45, 7) is 8.15. The number of esters is 1. The van der Waals surface area contributed by atoms with Gasteiger partial charge in [0.05, 0.1) is 25.3 Å². The number of hydrogen-bond donors (Lipinski definition) is 0. The van der Waals surface area contributed by atoms with Crippen molar-refractivity contribution in [3.63, 3.8) is 0 Å². The van der Waals surface area contributed by atoms with Gasteiger partial charge in [0, 0.05) is 5.69 Å². The van der Waals surface area contributed by atoms with Gasteiger partial charge in [0.2, 0.25) is 0 Å². The fraction of sp³-hybridized carbons (Fsp3) is 0.667. The summed E-state index contributed by atoms with van der Waals surface area (Å²) in [7, 11) is 1.41. The van der Waals surface area contributed by atoms with E-state index in [1.165, 1.54) is 12.7 Å². The molecular formula is C12H20N2O2. The second kappa shape index (κ2) is 5.14. The van der Waals surface area contributed by atoms with Crippen molar-refractivity contribution in [1.82, 2.24) is 9.78 Å². The van der Waals surface area contributed by atoms with Crippen LogP contribution in [0.1, 0.15) is 43.3 Å². The molecule has 0 fully saturated rings. The molecule has 0 saturated carbocycles. The first-order valence-electron chi connectivity index (χ1n) is 5.62. The van der Waals surface area contributed by atoms with E-state index in [0.717, 1.165) is 17.8 Å². The average molecular weight is 224 g/mol. The quantitative estimate of drug-likeness (QED) is 0.736. The molecule has 1 unspecified atom stereocenters. The SMILES string of the molecule is CCc1c(C)nn(C(C)CC(=O)OC)c1C. The molecule has 0 spiro atoms. The van der Waals surface area contributed by atoms with Crippen LogP contribution in [-0.4, -0.2) is 22.9 Å². The van der Waals surface area contributed by atoms with Crippen molar-refractivity contribution in [2.45, 2.75) is 46.6 Å². The molecule has 0 aliphatic rings. The summed E-state index contributed by atoms with van der Waals surface area (Å²) in [5, 5.41) is 4.48. The lowest BCUT2D eigenvalue weighted by Gasteiger charge is -2.13. The number of methoxy groups -OCH3 is 1. The molecule has 0 aliphatic heterocycles. The maximum absolute atomic E-state index is 11.2. The summed E-state index contributed by atoms with van der Waals surface area (Å²) in [4.78, 5) is 11.2. The number of ether oxygens (including phenoxy) is 1. The molecule has 4 nitrogen and oxygen atoms in total. The van der Waals surface area contributed by atoms with Crippen molar-refractivity contribution in [2.24, 2.45) is 0 Å². The van der Waals surface area contributed by atoms with Gasteiger partial charge in [0.15, 0.2) is 0 Å². The summed E-state index contributed by atoms with van der Waals surface area (Å²) in [5.41, 5.74) is 3.48. The summed E-state index contributed by atoms with van der Waals surface area (Å²) in [6, 6.07) is 0.0476. The number of aromatic nitrogens is 2. The van der Waals surface area contributed by atoms with Crippen molar-refractivity contribution in [3.8, 4) is 0 Å². The third kappa shape index (κ3) is 2.43. The van der Waals surface area contributed by atoms with Crippen LogP contribution in [0.15, 0.2) is 0 Å². The topological polar surface area (TPSA) is 44.1 Å². The highest BCUT2D eigenvalue weighted by Crippen LogP contribution is 2.19. The predicted octanol–water partition coefficient (Wildman–Crippen LogP) is 2.19. The largest absolute Gasteiger partial charge is 0.469 e. The maximum Gasteiger partial charge on any atom is 0.307 e. The Kier molecular flexibility index (Phi) is 4.10. The zero-order chi connectivity index (χ0) is 12.3. The lowest BCUT2D eigenvalue weighted by molar-refractivity contribution is -0.141. The minimum Gasteiger partial charge on any atom is -0.469 e. The standard InChI is InChI=1S/C12H20N2O2/c1-6-11-9(3)13-14(10(11)4)8(2)7-12(15)16-5/h8H,6-7H2,1-5H3. The highest BCUT2D eigenvalue weighted by atomic mass is 16.5. The average Bonchev–Trinajstić information content (AvgIpc) is 2.53. The van der Waals surface area contributed by atoms with Gasteiger partial charge in [-0.3, -0.25) is 9.48 Å². The van der Waals surface area contributed by atoms with Crippen molar-refractivity contribution >= 4 is 5.97 Å². The Bertz CT molecular complexity index is 383. The second-order valence-corrected chi connectivity index (χ2v) is 4.08. The van der Waals surface area contributed by atoms with Crippen LogP contribution in [0.25, 0.3) is 0 Å². The van der Waals surface area contributed by atoms with Gasteiger partial charge in [-0.2, -0.15) is 5.10 Å². The number of nitrogens with zero attached hydrogens (tertiary/aromatic N) is 2. The molecule has 16 heavy (non-hydrogen) atoms. The lowest BCUT2D eigenvalue weighted by atomic mass is 10.1. The molecule has 0 radical (unpaired) electrons. The van der Waals surface area contributed by atoms with Crippen LogP contribution in [0.2, 0.25) is 0 Å². The van der Waals surface area contributed by atoms with Gasteiger partial charge in [-0.25, -0.2) is 0 Å². The maximum atomic E-state index is 11.2. The van der Waals surface area contributed by atoms with E-state index in [1.54, 1.807) is 0 Å². The van der Waals surface area contributed by atoms with Gasteiger partial charge in [-0.15, -0.1) is 0 Å². The predicted molar refractivity (Wildman–Crippen MR) is 62.4 cm³/mol. The summed E-state index contributed by atoms with van der Waals surface area (Å²) >= 11 is 0. The van der Waals surface area contributed by atoms with E-state index in [1.807, 2.05) is 25.5 Å². The smallest absolute Gasteiger partial charge is 0.307 e. The van der Waals surface area contributed by atoms with Crippen LogP contribution in [-0.2, 0) is 16.0 Å². The molecule has 1 atom stereocenters. The number of carbonyl (C=O) groups excluding carboxylic acids is 1. The second-order valence-electron chi connectivity index (χ2n) is 4.08. The van der Waals surface area contributed by atoms with E-state index in [0.29, 0.717) is 6.42 Å². The van der Waals surface area contributed by atoms with Crippen LogP contribution in [0, 0.1) is 13.8 Å². The summed E-state index contributed by atoms with van der Waals surface area (Å²) < 4.78 is 6.59. The third-order valence-corrected chi connectivity index (χ3v) is 2.94. The number of hydrogen-bond acceptors (Lipinski definition) is 3. The minimum atomic E-state index is -0.196. The Morgan fingerprint density at radius 2 is 2.12 bits per heavy atom. The van der Waals surface area contributed by atoms with Crippen LogP contribution < -0.4 is 0 Å². The Hall–Kier alpha value is -1.32. The molecule has 0 amide bonds. The highest BCUT2D eigenvalue weighted by Gasteiger charge is 2.17. The Morgan fingerprint density at radius 1 is 1.50 bits per heavy atom. The Labute approximate surface area is 96.6 Å². The lowest BCUT2D eigenvalue weighted by Crippen LogP contribution is -2.14. The van der Waals surface area contributed by atoms with E-state index < -0.39 is 0 Å². The van der Waals surface area contributed by atoms with E-state index in [4.69, 9.17) is 0 Å². The molecule has 0 bridgehead atoms. The first kappa shape index (κ1) is 12.7. The molecular weight excluding hydrogens is 204 g/mol.